The van der Waals surface area contributed by atoms with Crippen molar-refractivity contribution in [2.24, 2.45) is 0 Å². The van der Waals surface area contributed by atoms with Crippen molar-refractivity contribution in [3.63, 3.8) is 0 Å². The maximum absolute atomic E-state index is 14.7. The molecule has 2 amide bonds. The minimum absolute atomic E-state index is 0.0737. The van der Waals surface area contributed by atoms with Gasteiger partial charge in [-0.25, -0.2) is 18.2 Å². The number of carbonyl (C=O) groups excluding carboxylic acids is 2. The molecule has 0 saturated carbocycles. The van der Waals surface area contributed by atoms with E-state index in [2.05, 4.69) is 20.5 Å². The number of ether oxygens (including phenoxy) is 1. The summed E-state index contributed by atoms with van der Waals surface area (Å²) in [5.41, 5.74) is -1.93. The van der Waals surface area contributed by atoms with Crippen LogP contribution in [0.3, 0.4) is 0 Å². The predicted molar refractivity (Wildman–Crippen MR) is 139 cm³/mol. The van der Waals surface area contributed by atoms with E-state index in [4.69, 9.17) is 4.74 Å². The molecule has 2 unspecified atom stereocenters. The van der Waals surface area contributed by atoms with Gasteiger partial charge in [-0.15, -0.1) is 0 Å². The van der Waals surface area contributed by atoms with Crippen molar-refractivity contribution in [1.82, 2.24) is 15.6 Å². The molecule has 0 radical (unpaired) electrons. The molecule has 0 spiro atoms. The van der Waals surface area contributed by atoms with Gasteiger partial charge in [0.05, 0.1) is 17.7 Å². The fraction of sp³-hybridized carbons (Fsp3) is 0.536. The van der Waals surface area contributed by atoms with Crippen LogP contribution >= 0.6 is 0 Å². The van der Waals surface area contributed by atoms with Gasteiger partial charge in [-0.1, -0.05) is 6.07 Å². The summed E-state index contributed by atoms with van der Waals surface area (Å²) in [4.78, 5) is 31.8. The van der Waals surface area contributed by atoms with Crippen LogP contribution in [0.25, 0.3) is 0 Å². The topological polar surface area (TPSA) is 104 Å². The van der Waals surface area contributed by atoms with Gasteiger partial charge in [0.2, 0.25) is 0 Å². The van der Waals surface area contributed by atoms with Crippen LogP contribution in [0, 0.1) is 5.82 Å². The number of benzene rings is 1. The number of amides is 2. The Labute approximate surface area is 225 Å². The minimum atomic E-state index is -2.62. The number of hydrogen-bond donors (Lipinski definition) is 3. The van der Waals surface area contributed by atoms with Gasteiger partial charge in [0.1, 0.15) is 5.82 Å². The fourth-order valence-electron chi connectivity index (χ4n) is 5.26. The number of fused-ring (bicyclic) bond motifs is 2. The van der Waals surface area contributed by atoms with Crippen LogP contribution in [-0.2, 0) is 10.4 Å². The molecular formula is C28H35F3N4O4. The van der Waals surface area contributed by atoms with Crippen LogP contribution in [0.2, 0.25) is 0 Å². The summed E-state index contributed by atoms with van der Waals surface area (Å²) in [6.45, 7) is 5.56. The van der Waals surface area contributed by atoms with Gasteiger partial charge < -0.3 is 25.4 Å². The number of rotatable bonds is 9. The summed E-state index contributed by atoms with van der Waals surface area (Å²) in [5.74, 6) is -0.992. The van der Waals surface area contributed by atoms with Crippen LogP contribution in [0.1, 0.15) is 69.3 Å². The van der Waals surface area contributed by atoms with Crippen LogP contribution in [0.15, 0.2) is 36.5 Å². The second kappa shape index (κ2) is 11.0. The first kappa shape index (κ1) is 28.7. The van der Waals surface area contributed by atoms with Gasteiger partial charge >= 0.3 is 0 Å². The number of carbonyl (C=O) groups is 2. The average molecular weight is 549 g/mol. The zero-order valence-electron chi connectivity index (χ0n) is 22.5. The second-order valence-electron chi connectivity index (χ2n) is 11.3. The largest absolute Gasteiger partial charge is 0.475 e. The van der Waals surface area contributed by atoms with E-state index in [0.717, 1.165) is 12.8 Å². The number of anilines is 1. The molecule has 2 fully saturated rings. The first-order valence-corrected chi connectivity index (χ1v) is 13.1. The van der Waals surface area contributed by atoms with Gasteiger partial charge in [-0.05, 0) is 83.2 Å². The summed E-state index contributed by atoms with van der Waals surface area (Å²) in [6.07, 6.45) is 1.98. The Hall–Kier alpha value is -3.34. The summed E-state index contributed by atoms with van der Waals surface area (Å²) in [7, 11) is 0. The van der Waals surface area contributed by atoms with Crippen LogP contribution in [0.4, 0.5) is 19.0 Å². The van der Waals surface area contributed by atoms with E-state index in [9.17, 15) is 27.9 Å². The molecule has 1 aromatic heterocycles. The third kappa shape index (κ3) is 6.63. The van der Waals surface area contributed by atoms with Gasteiger partial charge in [0.15, 0.2) is 17.2 Å². The molecule has 39 heavy (non-hydrogen) atoms. The van der Waals surface area contributed by atoms with Crippen molar-refractivity contribution in [3.8, 4) is 5.75 Å². The fourth-order valence-corrected chi connectivity index (χ4v) is 5.26. The number of nitrogens with one attached hydrogen (secondary N) is 2. The van der Waals surface area contributed by atoms with E-state index in [-0.39, 0.29) is 35.3 Å². The SMILES string of the molecule is CC(C)(Oc1ccc(C(C)(C)O)cc1F)C(=O)NC1CC2CCC(C1)N2c1ccc(C(=O)NCC(F)F)cn1. The van der Waals surface area contributed by atoms with Crippen molar-refractivity contribution in [2.45, 2.75) is 89.1 Å². The lowest BCUT2D eigenvalue weighted by Crippen LogP contribution is -2.55. The lowest BCUT2D eigenvalue weighted by molar-refractivity contribution is -0.135. The summed E-state index contributed by atoms with van der Waals surface area (Å²) >= 11 is 0. The Morgan fingerprint density at radius 3 is 2.33 bits per heavy atom. The molecule has 212 valence electrons. The predicted octanol–water partition coefficient (Wildman–Crippen LogP) is 3.92. The van der Waals surface area contributed by atoms with Crippen molar-refractivity contribution in [2.75, 3.05) is 11.4 Å². The lowest BCUT2D eigenvalue weighted by Gasteiger charge is -2.40. The molecule has 2 aliphatic rings. The van der Waals surface area contributed by atoms with Gasteiger partial charge in [0, 0.05) is 24.3 Å². The monoisotopic (exact) mass is 548 g/mol. The maximum atomic E-state index is 14.7. The Bertz CT molecular complexity index is 1190. The van der Waals surface area contributed by atoms with Gasteiger partial charge in [-0.2, -0.15) is 0 Å². The molecule has 2 aromatic rings. The Kier molecular flexibility index (Phi) is 8.11. The molecule has 1 aromatic carbocycles. The van der Waals surface area contributed by atoms with E-state index in [1.54, 1.807) is 45.9 Å². The molecule has 2 aliphatic heterocycles. The minimum Gasteiger partial charge on any atom is -0.475 e. The Morgan fingerprint density at radius 2 is 1.79 bits per heavy atom. The van der Waals surface area contributed by atoms with Crippen LogP contribution < -0.4 is 20.3 Å². The summed E-state index contributed by atoms with van der Waals surface area (Å²) < 4.78 is 45.1. The number of hydrogen-bond acceptors (Lipinski definition) is 6. The number of piperidine rings is 1. The third-order valence-electron chi connectivity index (χ3n) is 7.31. The average Bonchev–Trinajstić information content (AvgIpc) is 3.13. The molecule has 3 heterocycles. The highest BCUT2D eigenvalue weighted by Gasteiger charge is 2.43. The highest BCUT2D eigenvalue weighted by molar-refractivity contribution is 5.94. The van der Waals surface area contributed by atoms with E-state index < -0.39 is 35.9 Å². The molecule has 2 bridgehead atoms. The van der Waals surface area contributed by atoms with E-state index in [0.29, 0.717) is 24.2 Å². The van der Waals surface area contributed by atoms with Crippen molar-refractivity contribution in [3.05, 3.63) is 53.5 Å². The number of alkyl halides is 2. The zero-order chi connectivity index (χ0) is 28.5. The number of nitrogens with zero attached hydrogens (tertiary/aromatic N) is 2. The molecule has 0 aliphatic carbocycles. The molecular weight excluding hydrogens is 513 g/mol. The van der Waals surface area contributed by atoms with Gasteiger partial charge in [-0.3, -0.25) is 9.59 Å². The van der Waals surface area contributed by atoms with E-state index >= 15 is 0 Å². The summed E-state index contributed by atoms with van der Waals surface area (Å²) in [5, 5.41) is 15.3. The Morgan fingerprint density at radius 1 is 1.13 bits per heavy atom. The van der Waals surface area contributed by atoms with Crippen LogP contribution in [-0.4, -0.2) is 58.6 Å². The van der Waals surface area contributed by atoms with Crippen molar-refractivity contribution >= 4 is 17.6 Å². The zero-order valence-corrected chi connectivity index (χ0v) is 22.5. The summed E-state index contributed by atoms with van der Waals surface area (Å²) in [6, 6.07) is 7.64. The van der Waals surface area contributed by atoms with E-state index in [1.807, 2.05) is 0 Å². The molecule has 3 N–H and O–H groups in total. The van der Waals surface area contributed by atoms with Crippen LogP contribution in [0.5, 0.6) is 5.75 Å². The molecule has 4 rings (SSSR count). The third-order valence-corrected chi connectivity index (χ3v) is 7.31. The molecule has 2 saturated heterocycles. The molecule has 2 atom stereocenters. The standard InChI is InChI=1S/C28H35F3N4O4/c1-27(2,38)17-6-9-22(21(29)11-17)39-28(3,4)26(37)34-18-12-19-7-8-20(13-18)35(19)24-10-5-16(14-32-24)25(36)33-15-23(30)31/h5-6,9-11,14,18-20,23,38H,7-8,12-13,15H2,1-4H3,(H,33,36)(H,34,37). The number of halogens is 3. The number of pyridine rings is 1. The molecule has 11 heteroatoms. The highest BCUT2D eigenvalue weighted by atomic mass is 19.3. The van der Waals surface area contributed by atoms with Crippen molar-refractivity contribution in [1.29, 1.82) is 0 Å². The first-order chi connectivity index (χ1) is 18.2. The quantitative estimate of drug-likeness (QED) is 0.439. The maximum Gasteiger partial charge on any atom is 0.263 e. The van der Waals surface area contributed by atoms with E-state index in [1.165, 1.54) is 18.3 Å². The first-order valence-electron chi connectivity index (χ1n) is 13.1. The Balaban J connectivity index is 1.36. The smallest absolute Gasteiger partial charge is 0.263 e. The lowest BCUT2D eigenvalue weighted by atomic mass is 9.96. The normalized spacial score (nSPS) is 21.2. The molecule has 8 nitrogen and oxygen atoms in total. The van der Waals surface area contributed by atoms with Crippen molar-refractivity contribution < 1.29 is 32.6 Å². The number of aromatic nitrogens is 1. The highest BCUT2D eigenvalue weighted by Crippen LogP contribution is 2.39. The van der Waals surface area contributed by atoms with Gasteiger partial charge in [0.25, 0.3) is 18.2 Å². The second-order valence-corrected chi connectivity index (χ2v) is 11.3. The number of aliphatic hydroxyl groups is 1.